The minimum atomic E-state index is -0.116. The van der Waals surface area contributed by atoms with E-state index in [1.54, 1.807) is 12.1 Å². The zero-order valence-corrected chi connectivity index (χ0v) is 13.0. The van der Waals surface area contributed by atoms with Crippen molar-refractivity contribution < 1.29 is 4.39 Å². The van der Waals surface area contributed by atoms with Crippen LogP contribution in [0.25, 0.3) is 0 Å². The number of benzene rings is 1. The van der Waals surface area contributed by atoms with Crippen molar-refractivity contribution in [1.82, 2.24) is 5.32 Å². The van der Waals surface area contributed by atoms with Gasteiger partial charge in [0, 0.05) is 0 Å². The molecule has 1 heterocycles. The summed E-state index contributed by atoms with van der Waals surface area (Å²) in [5.74, 6) is 0.854. The monoisotopic (exact) mass is 274 g/mol. The summed E-state index contributed by atoms with van der Waals surface area (Å²) in [6.07, 6.45) is 4.76. The van der Waals surface area contributed by atoms with Gasteiger partial charge in [0.15, 0.2) is 0 Å². The first-order valence-electron chi connectivity index (χ1n) is 7.94. The van der Waals surface area contributed by atoms with Crippen LogP contribution in [-0.4, -0.2) is 19.9 Å². The molecule has 109 valence electrons. The van der Waals surface area contributed by atoms with Gasteiger partial charge in [-0.3, -0.25) is 0 Å². The van der Waals surface area contributed by atoms with Crippen LogP contribution in [0.15, 0.2) is 18.2 Å². The molecule has 3 atom stereocenters. The highest BCUT2D eigenvalue weighted by Crippen LogP contribution is 2.35. The number of rotatable bonds is 5. The molecule has 1 N–H and O–H groups in total. The van der Waals surface area contributed by atoms with Gasteiger partial charge in [-0.25, -0.2) is 4.39 Å². The Labute approximate surface area is 123 Å². The Morgan fingerprint density at radius 2 is 2.20 bits per heavy atom. The number of hydrogen-bond acceptors (Lipinski definition) is 1. The van der Waals surface area contributed by atoms with Gasteiger partial charge in [-0.2, -0.15) is 0 Å². The molecule has 20 heavy (non-hydrogen) atoms. The van der Waals surface area contributed by atoms with Crippen LogP contribution in [0.4, 0.5) is 4.39 Å². The van der Waals surface area contributed by atoms with Crippen LogP contribution in [0, 0.1) is 18.7 Å². The number of aryl methyl sites for hydroxylation is 1. The topological polar surface area (TPSA) is 12.0 Å². The SMILES string of the molecule is CCCCNC1C[B][C@H](c2cc(F)ccc2C)C(C)C1. The van der Waals surface area contributed by atoms with Crippen molar-refractivity contribution in [3.63, 3.8) is 0 Å². The normalized spacial score (nSPS) is 26.3. The second-order valence-corrected chi connectivity index (χ2v) is 6.22. The lowest BCUT2D eigenvalue weighted by Crippen LogP contribution is -2.39. The van der Waals surface area contributed by atoms with Crippen molar-refractivity contribution in [3.8, 4) is 0 Å². The first-order chi connectivity index (χ1) is 9.61. The van der Waals surface area contributed by atoms with Crippen LogP contribution < -0.4 is 5.32 Å². The van der Waals surface area contributed by atoms with Crippen LogP contribution in [0.2, 0.25) is 6.32 Å². The number of hydrogen-bond donors (Lipinski definition) is 1. The zero-order valence-electron chi connectivity index (χ0n) is 13.0. The first kappa shape index (κ1) is 15.6. The molecular weight excluding hydrogens is 248 g/mol. The highest BCUT2D eigenvalue weighted by molar-refractivity contribution is 6.38. The van der Waals surface area contributed by atoms with E-state index in [0.717, 1.165) is 12.9 Å². The molecule has 1 radical (unpaired) electrons. The van der Waals surface area contributed by atoms with E-state index < -0.39 is 0 Å². The van der Waals surface area contributed by atoms with Crippen molar-refractivity contribution in [2.24, 2.45) is 5.92 Å². The molecule has 0 amide bonds. The zero-order chi connectivity index (χ0) is 14.5. The standard InChI is InChI=1S/C17H26BFN/c1-4-5-8-20-15-9-13(3)17(18-11-15)16-10-14(19)7-6-12(16)2/h6-7,10,13,15,17,20H,4-5,8-9,11H2,1-3H3/t13?,15?,17-/m0/s1. The maximum absolute atomic E-state index is 13.5. The van der Waals surface area contributed by atoms with E-state index in [1.165, 1.54) is 30.4 Å². The lowest BCUT2D eigenvalue weighted by molar-refractivity contribution is 0.384. The predicted molar refractivity (Wildman–Crippen MR) is 84.9 cm³/mol. The highest BCUT2D eigenvalue weighted by atomic mass is 19.1. The van der Waals surface area contributed by atoms with E-state index in [1.807, 2.05) is 6.07 Å². The summed E-state index contributed by atoms with van der Waals surface area (Å²) in [5, 5.41) is 3.65. The summed E-state index contributed by atoms with van der Waals surface area (Å²) in [7, 11) is 2.39. The Bertz CT molecular complexity index is 435. The molecule has 2 unspecified atom stereocenters. The van der Waals surface area contributed by atoms with Crippen LogP contribution in [0.3, 0.4) is 0 Å². The van der Waals surface area contributed by atoms with Gasteiger partial charge < -0.3 is 5.32 Å². The fourth-order valence-electron chi connectivity index (χ4n) is 3.29. The van der Waals surface area contributed by atoms with E-state index in [4.69, 9.17) is 0 Å². The average Bonchev–Trinajstić information content (AvgIpc) is 2.42. The quantitative estimate of drug-likeness (QED) is 0.629. The maximum atomic E-state index is 13.5. The third-order valence-corrected chi connectivity index (χ3v) is 4.51. The smallest absolute Gasteiger partial charge is 0.123 e. The van der Waals surface area contributed by atoms with Crippen molar-refractivity contribution in [2.45, 2.75) is 58.2 Å². The van der Waals surface area contributed by atoms with Crippen LogP contribution in [-0.2, 0) is 0 Å². The molecule has 1 aromatic rings. The van der Waals surface area contributed by atoms with Gasteiger partial charge in [0.2, 0.25) is 0 Å². The molecule has 0 saturated carbocycles. The van der Waals surface area contributed by atoms with E-state index in [-0.39, 0.29) is 5.82 Å². The van der Waals surface area contributed by atoms with Gasteiger partial charge in [-0.15, -0.1) is 0 Å². The van der Waals surface area contributed by atoms with Crippen molar-refractivity contribution >= 4 is 7.28 Å². The van der Waals surface area contributed by atoms with E-state index in [2.05, 4.69) is 33.4 Å². The van der Waals surface area contributed by atoms with Crippen molar-refractivity contribution in [1.29, 1.82) is 0 Å². The fourth-order valence-corrected chi connectivity index (χ4v) is 3.29. The minimum Gasteiger partial charge on any atom is -0.315 e. The van der Waals surface area contributed by atoms with E-state index >= 15 is 0 Å². The molecule has 0 bridgehead atoms. The lowest BCUT2D eigenvalue weighted by Gasteiger charge is -2.35. The van der Waals surface area contributed by atoms with Crippen LogP contribution in [0.5, 0.6) is 0 Å². The molecule has 1 saturated heterocycles. The Kier molecular flexibility index (Phi) is 5.65. The van der Waals surface area contributed by atoms with Crippen LogP contribution in [0.1, 0.15) is 50.1 Å². The Hall–Kier alpha value is -0.825. The summed E-state index contributed by atoms with van der Waals surface area (Å²) >= 11 is 0. The molecular formula is C17H26BFN. The largest absolute Gasteiger partial charge is 0.315 e. The number of unbranched alkanes of at least 4 members (excludes halogenated alkanes) is 1. The minimum absolute atomic E-state index is 0.116. The Balaban J connectivity index is 1.97. The molecule has 2 rings (SSSR count). The molecule has 1 aromatic carbocycles. The Morgan fingerprint density at radius 3 is 2.90 bits per heavy atom. The third-order valence-electron chi connectivity index (χ3n) is 4.51. The summed E-state index contributed by atoms with van der Waals surface area (Å²) in [6, 6.07) is 5.78. The summed E-state index contributed by atoms with van der Waals surface area (Å²) in [4.78, 5) is 0. The van der Waals surface area contributed by atoms with Gasteiger partial charge >= 0.3 is 0 Å². The van der Waals surface area contributed by atoms with Gasteiger partial charge in [-0.1, -0.05) is 32.7 Å². The highest BCUT2D eigenvalue weighted by Gasteiger charge is 2.29. The predicted octanol–water partition coefficient (Wildman–Crippen LogP) is 4.10. The maximum Gasteiger partial charge on any atom is 0.123 e. The Morgan fingerprint density at radius 1 is 1.40 bits per heavy atom. The summed E-state index contributed by atoms with van der Waals surface area (Å²) in [6.45, 7) is 7.71. The summed E-state index contributed by atoms with van der Waals surface area (Å²) < 4.78 is 13.5. The lowest BCUT2D eigenvalue weighted by atomic mass is 9.48. The average molecular weight is 274 g/mol. The van der Waals surface area contributed by atoms with Gasteiger partial charge in [-0.05, 0) is 67.3 Å². The summed E-state index contributed by atoms with van der Waals surface area (Å²) in [5.41, 5.74) is 2.38. The molecule has 3 heteroatoms. The second kappa shape index (κ2) is 7.26. The molecule has 0 spiro atoms. The third kappa shape index (κ3) is 3.85. The van der Waals surface area contributed by atoms with E-state index in [0.29, 0.717) is 17.8 Å². The van der Waals surface area contributed by atoms with Crippen LogP contribution >= 0.6 is 0 Å². The molecule has 1 nitrogen and oxygen atoms in total. The van der Waals surface area contributed by atoms with Gasteiger partial charge in [0.25, 0.3) is 0 Å². The number of nitrogens with one attached hydrogen (secondary N) is 1. The van der Waals surface area contributed by atoms with Crippen molar-refractivity contribution in [3.05, 3.63) is 35.1 Å². The molecule has 1 aliphatic heterocycles. The molecule has 0 aliphatic carbocycles. The van der Waals surface area contributed by atoms with Gasteiger partial charge in [0.05, 0.1) is 0 Å². The first-order valence-corrected chi connectivity index (χ1v) is 7.94. The molecule has 1 aliphatic rings. The fraction of sp³-hybridized carbons (Fsp3) is 0.647. The number of halogens is 1. The molecule has 1 fully saturated rings. The second-order valence-electron chi connectivity index (χ2n) is 6.22. The van der Waals surface area contributed by atoms with Crippen molar-refractivity contribution in [2.75, 3.05) is 6.54 Å². The molecule has 0 aromatic heterocycles. The van der Waals surface area contributed by atoms with E-state index in [9.17, 15) is 4.39 Å². The van der Waals surface area contributed by atoms with Gasteiger partial charge in [0.1, 0.15) is 13.1 Å².